The van der Waals surface area contributed by atoms with Gasteiger partial charge in [-0.1, -0.05) is 0 Å². The Labute approximate surface area is 172 Å². The van der Waals surface area contributed by atoms with Gasteiger partial charge in [-0.2, -0.15) is 0 Å². The fourth-order valence-electron chi connectivity index (χ4n) is 2.85. The standard InChI is InChI=1S/C22H21FN4O3/c1-13-10-18(8-9-19(13)23)26-22-24-14(2)11-21(30)27(22)12-20(29)25-17-6-4-16(5-7-17)15(3)28/h4-11H,12H2,1-3H3,(H,24,26)(H,25,29). The number of halogens is 1. The third-order valence-corrected chi connectivity index (χ3v) is 4.43. The summed E-state index contributed by atoms with van der Waals surface area (Å²) < 4.78 is 14.7. The topological polar surface area (TPSA) is 93.1 Å². The van der Waals surface area contributed by atoms with Crippen LogP contribution in [-0.4, -0.2) is 21.2 Å². The number of carbonyl (C=O) groups excluding carboxylic acids is 2. The highest BCUT2D eigenvalue weighted by molar-refractivity contribution is 5.95. The summed E-state index contributed by atoms with van der Waals surface area (Å²) in [6, 6.07) is 12.2. The van der Waals surface area contributed by atoms with Gasteiger partial charge < -0.3 is 10.6 Å². The molecule has 0 saturated heterocycles. The maximum Gasteiger partial charge on any atom is 0.255 e. The molecule has 0 atom stereocenters. The van der Waals surface area contributed by atoms with Crippen LogP contribution >= 0.6 is 0 Å². The van der Waals surface area contributed by atoms with Gasteiger partial charge in [-0.3, -0.25) is 19.0 Å². The molecule has 2 N–H and O–H groups in total. The Hall–Kier alpha value is -3.81. The summed E-state index contributed by atoms with van der Waals surface area (Å²) in [7, 11) is 0. The van der Waals surface area contributed by atoms with E-state index in [0.717, 1.165) is 0 Å². The fraction of sp³-hybridized carbons (Fsp3) is 0.182. The number of hydrogen-bond acceptors (Lipinski definition) is 5. The van der Waals surface area contributed by atoms with E-state index < -0.39 is 11.5 Å². The number of benzene rings is 2. The first kappa shape index (κ1) is 20.9. The molecule has 0 aliphatic heterocycles. The number of ketones is 1. The molecular formula is C22H21FN4O3. The molecule has 0 bridgehead atoms. The molecule has 1 aromatic heterocycles. The van der Waals surface area contributed by atoms with E-state index in [1.165, 1.54) is 29.7 Å². The zero-order valence-electron chi connectivity index (χ0n) is 16.8. The molecule has 1 heterocycles. The van der Waals surface area contributed by atoms with E-state index in [0.29, 0.717) is 28.2 Å². The largest absolute Gasteiger partial charge is 0.326 e. The van der Waals surface area contributed by atoms with E-state index in [-0.39, 0.29) is 24.1 Å². The van der Waals surface area contributed by atoms with Crippen LogP contribution in [0.4, 0.5) is 21.7 Å². The van der Waals surface area contributed by atoms with Crippen LogP contribution in [0.3, 0.4) is 0 Å². The molecule has 3 rings (SSSR count). The van der Waals surface area contributed by atoms with Gasteiger partial charge in [-0.05, 0) is 68.8 Å². The number of rotatable bonds is 6. The molecule has 0 radical (unpaired) electrons. The van der Waals surface area contributed by atoms with Crippen molar-refractivity contribution in [1.29, 1.82) is 0 Å². The highest BCUT2D eigenvalue weighted by atomic mass is 19.1. The van der Waals surface area contributed by atoms with Crippen molar-refractivity contribution in [2.75, 3.05) is 10.6 Å². The molecule has 8 heteroatoms. The normalized spacial score (nSPS) is 10.5. The number of Topliss-reactive ketones (excluding diaryl/α,β-unsaturated/α-hetero) is 1. The number of nitrogens with one attached hydrogen (secondary N) is 2. The number of anilines is 3. The smallest absolute Gasteiger partial charge is 0.255 e. The van der Waals surface area contributed by atoms with Crippen LogP contribution in [-0.2, 0) is 11.3 Å². The van der Waals surface area contributed by atoms with E-state index in [4.69, 9.17) is 0 Å². The predicted molar refractivity (Wildman–Crippen MR) is 113 cm³/mol. The monoisotopic (exact) mass is 408 g/mol. The lowest BCUT2D eigenvalue weighted by atomic mass is 10.1. The Balaban J connectivity index is 1.82. The molecule has 1 amide bonds. The Morgan fingerprint density at radius 1 is 1.03 bits per heavy atom. The van der Waals surface area contributed by atoms with Crippen molar-refractivity contribution in [2.45, 2.75) is 27.3 Å². The quantitative estimate of drug-likeness (QED) is 0.608. The Bertz CT molecular complexity index is 1170. The predicted octanol–water partition coefficient (Wildman–Crippen LogP) is 3.58. The second-order valence-electron chi connectivity index (χ2n) is 6.92. The first-order chi connectivity index (χ1) is 14.2. The van der Waals surface area contributed by atoms with E-state index in [9.17, 15) is 18.8 Å². The van der Waals surface area contributed by atoms with Crippen molar-refractivity contribution in [1.82, 2.24) is 9.55 Å². The van der Waals surface area contributed by atoms with Crippen molar-refractivity contribution in [3.8, 4) is 0 Å². The molecule has 154 valence electrons. The molecule has 3 aromatic rings. The minimum Gasteiger partial charge on any atom is -0.326 e. The summed E-state index contributed by atoms with van der Waals surface area (Å²) in [5.74, 6) is -0.674. The number of aromatic nitrogens is 2. The maximum atomic E-state index is 13.5. The second-order valence-corrected chi connectivity index (χ2v) is 6.92. The van der Waals surface area contributed by atoms with Gasteiger partial charge in [0.05, 0.1) is 0 Å². The zero-order chi connectivity index (χ0) is 21.8. The lowest BCUT2D eigenvalue weighted by Crippen LogP contribution is -2.30. The van der Waals surface area contributed by atoms with Crippen molar-refractivity contribution in [2.24, 2.45) is 0 Å². The van der Waals surface area contributed by atoms with Gasteiger partial charge in [-0.15, -0.1) is 0 Å². The molecule has 7 nitrogen and oxygen atoms in total. The third-order valence-electron chi connectivity index (χ3n) is 4.43. The van der Waals surface area contributed by atoms with Crippen LogP contribution in [0.1, 0.15) is 28.5 Å². The average Bonchev–Trinajstić information content (AvgIpc) is 2.68. The van der Waals surface area contributed by atoms with E-state index in [2.05, 4.69) is 15.6 Å². The third kappa shape index (κ3) is 4.96. The zero-order valence-corrected chi connectivity index (χ0v) is 16.8. The number of aryl methyl sites for hydroxylation is 2. The molecule has 2 aromatic carbocycles. The molecule has 0 unspecified atom stereocenters. The molecule has 0 fully saturated rings. The van der Waals surface area contributed by atoms with Crippen molar-refractivity contribution < 1.29 is 14.0 Å². The summed E-state index contributed by atoms with van der Waals surface area (Å²) in [5.41, 5.74) is 2.10. The molecule has 30 heavy (non-hydrogen) atoms. The summed E-state index contributed by atoms with van der Waals surface area (Å²) in [6.45, 7) is 4.48. The first-order valence-electron chi connectivity index (χ1n) is 9.25. The molecule has 0 aliphatic carbocycles. The average molecular weight is 408 g/mol. The van der Waals surface area contributed by atoms with Gasteiger partial charge in [0.1, 0.15) is 12.4 Å². The van der Waals surface area contributed by atoms with E-state index in [1.807, 2.05) is 0 Å². The van der Waals surface area contributed by atoms with Crippen LogP contribution in [0.15, 0.2) is 53.3 Å². The Morgan fingerprint density at radius 3 is 2.33 bits per heavy atom. The van der Waals surface area contributed by atoms with Gasteiger partial charge in [0.15, 0.2) is 5.78 Å². The highest BCUT2D eigenvalue weighted by Gasteiger charge is 2.13. The summed E-state index contributed by atoms with van der Waals surface area (Å²) >= 11 is 0. The van der Waals surface area contributed by atoms with E-state index >= 15 is 0 Å². The lowest BCUT2D eigenvalue weighted by molar-refractivity contribution is -0.116. The van der Waals surface area contributed by atoms with Gasteiger partial charge in [0, 0.05) is 28.7 Å². The molecule has 0 aliphatic rings. The van der Waals surface area contributed by atoms with Crippen molar-refractivity contribution >= 4 is 29.0 Å². The number of hydrogen-bond donors (Lipinski definition) is 2. The SMILES string of the molecule is CC(=O)c1ccc(NC(=O)Cn2c(Nc3ccc(F)c(C)c3)nc(C)cc2=O)cc1. The van der Waals surface area contributed by atoms with E-state index in [1.54, 1.807) is 44.2 Å². The molecule has 0 spiro atoms. The summed E-state index contributed by atoms with van der Waals surface area (Å²) in [4.78, 5) is 40.6. The fourth-order valence-corrected chi connectivity index (χ4v) is 2.85. The van der Waals surface area contributed by atoms with Gasteiger partial charge in [0.25, 0.3) is 5.56 Å². The van der Waals surface area contributed by atoms with Crippen LogP contribution < -0.4 is 16.2 Å². The number of nitrogens with zero attached hydrogens (tertiary/aromatic N) is 2. The Morgan fingerprint density at radius 2 is 1.70 bits per heavy atom. The Kier molecular flexibility index (Phi) is 6.06. The lowest BCUT2D eigenvalue weighted by Gasteiger charge is -2.15. The van der Waals surface area contributed by atoms with Gasteiger partial charge >= 0.3 is 0 Å². The van der Waals surface area contributed by atoms with Gasteiger partial charge in [0.2, 0.25) is 11.9 Å². The minimum atomic E-state index is -0.434. The number of carbonyl (C=O) groups is 2. The van der Waals surface area contributed by atoms with Crippen molar-refractivity contribution in [3.63, 3.8) is 0 Å². The van der Waals surface area contributed by atoms with Crippen LogP contribution in [0.2, 0.25) is 0 Å². The van der Waals surface area contributed by atoms with Crippen molar-refractivity contribution in [3.05, 3.63) is 81.5 Å². The summed E-state index contributed by atoms with van der Waals surface area (Å²) in [6.07, 6.45) is 0. The first-order valence-corrected chi connectivity index (χ1v) is 9.25. The molecular weight excluding hydrogens is 387 g/mol. The van der Waals surface area contributed by atoms with Gasteiger partial charge in [-0.25, -0.2) is 9.37 Å². The maximum absolute atomic E-state index is 13.5. The van der Waals surface area contributed by atoms with Crippen LogP contribution in [0.25, 0.3) is 0 Å². The second kappa shape index (κ2) is 8.69. The highest BCUT2D eigenvalue weighted by Crippen LogP contribution is 2.18. The van der Waals surface area contributed by atoms with Crippen LogP contribution in [0.5, 0.6) is 0 Å². The summed E-state index contributed by atoms with van der Waals surface area (Å²) in [5, 5.41) is 5.67. The minimum absolute atomic E-state index is 0.0723. The molecule has 0 saturated carbocycles. The van der Waals surface area contributed by atoms with Crippen LogP contribution in [0, 0.1) is 19.7 Å². The number of amides is 1.